The first kappa shape index (κ1) is 19.7. The maximum Gasteiger partial charge on any atom is 0.264 e. The van der Waals surface area contributed by atoms with Crippen molar-refractivity contribution in [2.75, 3.05) is 25.5 Å². The van der Waals surface area contributed by atoms with Crippen molar-refractivity contribution in [3.8, 4) is 29.2 Å². The first-order valence-corrected chi connectivity index (χ1v) is 9.88. The van der Waals surface area contributed by atoms with E-state index in [1.54, 1.807) is 25.7 Å². The number of anilines is 1. The van der Waals surface area contributed by atoms with Crippen LogP contribution in [0.15, 0.2) is 55.0 Å². The molecule has 30 heavy (non-hydrogen) atoms. The van der Waals surface area contributed by atoms with Gasteiger partial charge in [0.1, 0.15) is 17.2 Å². The van der Waals surface area contributed by atoms with Gasteiger partial charge in [0.25, 0.3) is 5.88 Å². The molecule has 1 fully saturated rings. The van der Waals surface area contributed by atoms with E-state index in [0.29, 0.717) is 29.2 Å². The molecule has 3 aromatic rings. The number of benzene rings is 1. The molecule has 0 amide bonds. The number of methoxy groups -OCH3 is 1. The Balaban J connectivity index is 1.57. The lowest BCUT2D eigenvalue weighted by atomic mass is 10.2. The third-order valence-corrected chi connectivity index (χ3v) is 4.69. The molecular formula is C23H23N5O2. The minimum atomic E-state index is 0.385. The van der Waals surface area contributed by atoms with Crippen LogP contribution in [0.3, 0.4) is 0 Å². The van der Waals surface area contributed by atoms with Crippen molar-refractivity contribution in [2.45, 2.75) is 18.9 Å². The fourth-order valence-corrected chi connectivity index (χ4v) is 3.10. The van der Waals surface area contributed by atoms with Crippen molar-refractivity contribution in [1.82, 2.24) is 20.3 Å². The molecule has 0 aliphatic carbocycles. The molecule has 7 nitrogen and oxygen atoms in total. The molecule has 4 rings (SSSR count). The van der Waals surface area contributed by atoms with Crippen LogP contribution in [0.25, 0.3) is 0 Å². The van der Waals surface area contributed by atoms with Gasteiger partial charge in [0.2, 0.25) is 0 Å². The van der Waals surface area contributed by atoms with Gasteiger partial charge in [0.15, 0.2) is 5.82 Å². The zero-order chi connectivity index (χ0) is 20.6. The van der Waals surface area contributed by atoms with E-state index in [0.717, 1.165) is 30.8 Å². The van der Waals surface area contributed by atoms with Gasteiger partial charge in [-0.15, -0.1) is 0 Å². The van der Waals surface area contributed by atoms with Crippen LogP contribution in [0.1, 0.15) is 24.1 Å². The third-order valence-electron chi connectivity index (χ3n) is 4.69. The van der Waals surface area contributed by atoms with Gasteiger partial charge in [-0.2, -0.15) is 4.98 Å². The van der Waals surface area contributed by atoms with Crippen LogP contribution in [0.5, 0.6) is 17.4 Å². The summed E-state index contributed by atoms with van der Waals surface area (Å²) in [6.45, 7) is 1.81. The molecule has 3 heterocycles. The summed E-state index contributed by atoms with van der Waals surface area (Å²) in [6, 6.07) is 11.5. The molecule has 2 aromatic heterocycles. The highest BCUT2D eigenvalue weighted by molar-refractivity contribution is 5.50. The van der Waals surface area contributed by atoms with E-state index in [9.17, 15) is 0 Å². The number of aromatic nitrogens is 3. The van der Waals surface area contributed by atoms with E-state index in [1.807, 2.05) is 36.4 Å². The third kappa shape index (κ3) is 5.25. The molecule has 0 saturated carbocycles. The monoisotopic (exact) mass is 401 g/mol. The highest BCUT2D eigenvalue weighted by atomic mass is 16.5. The minimum Gasteiger partial charge on any atom is -0.497 e. The minimum absolute atomic E-state index is 0.385. The van der Waals surface area contributed by atoms with E-state index in [2.05, 4.69) is 37.4 Å². The SMILES string of the molecule is COc1ccc(Oc2nc(C#Cc3cccnc3)cnc2NCC2CCCN2)cc1. The second-order valence-electron chi connectivity index (χ2n) is 6.85. The quantitative estimate of drug-likeness (QED) is 0.614. The molecule has 2 N–H and O–H groups in total. The van der Waals surface area contributed by atoms with Gasteiger partial charge in [0.05, 0.1) is 13.3 Å². The second kappa shape index (κ2) is 9.72. The number of nitrogens with zero attached hydrogens (tertiary/aromatic N) is 3. The topological polar surface area (TPSA) is 81.2 Å². The Kier molecular flexibility index (Phi) is 6.38. The predicted molar refractivity (Wildman–Crippen MR) is 115 cm³/mol. The highest BCUT2D eigenvalue weighted by Gasteiger charge is 2.16. The Bertz CT molecular complexity index is 1020. The Morgan fingerprint density at radius 3 is 2.73 bits per heavy atom. The number of ether oxygens (including phenoxy) is 2. The van der Waals surface area contributed by atoms with Crippen LogP contribution in [-0.2, 0) is 0 Å². The Labute approximate surface area is 175 Å². The molecule has 1 aliphatic heterocycles. The average Bonchev–Trinajstić information content (AvgIpc) is 3.32. The van der Waals surface area contributed by atoms with Crippen molar-refractivity contribution in [2.24, 2.45) is 0 Å². The molecule has 0 radical (unpaired) electrons. The number of nitrogens with one attached hydrogen (secondary N) is 2. The summed E-state index contributed by atoms with van der Waals surface area (Å²) in [5.41, 5.74) is 1.33. The summed E-state index contributed by atoms with van der Waals surface area (Å²) in [5.74, 6) is 8.45. The van der Waals surface area contributed by atoms with Gasteiger partial charge in [0, 0.05) is 30.5 Å². The average molecular weight is 401 g/mol. The molecule has 1 aliphatic rings. The van der Waals surface area contributed by atoms with Crippen molar-refractivity contribution >= 4 is 5.82 Å². The molecule has 1 unspecified atom stereocenters. The Hall–Kier alpha value is -3.63. The summed E-state index contributed by atoms with van der Waals surface area (Å²) in [7, 11) is 1.63. The van der Waals surface area contributed by atoms with E-state index < -0.39 is 0 Å². The maximum absolute atomic E-state index is 6.02. The van der Waals surface area contributed by atoms with Crippen LogP contribution in [-0.4, -0.2) is 41.2 Å². The smallest absolute Gasteiger partial charge is 0.264 e. The Morgan fingerprint density at radius 2 is 2.00 bits per heavy atom. The molecular weight excluding hydrogens is 378 g/mol. The van der Waals surface area contributed by atoms with E-state index in [4.69, 9.17) is 9.47 Å². The Morgan fingerprint density at radius 1 is 1.13 bits per heavy atom. The van der Waals surface area contributed by atoms with Crippen molar-refractivity contribution in [3.05, 3.63) is 66.2 Å². The van der Waals surface area contributed by atoms with E-state index in [-0.39, 0.29) is 0 Å². The highest BCUT2D eigenvalue weighted by Crippen LogP contribution is 2.27. The van der Waals surface area contributed by atoms with Gasteiger partial charge >= 0.3 is 0 Å². The normalized spacial score (nSPS) is 15.2. The fraction of sp³-hybridized carbons (Fsp3) is 0.261. The standard InChI is InChI=1S/C23H23N5O2/c1-29-20-8-10-21(11-9-20)30-23-22(26-15-18-5-3-13-25-18)27-16-19(28-23)7-6-17-4-2-12-24-14-17/h2,4,8-12,14,16,18,25H,3,5,13,15H2,1H3,(H,26,27). The summed E-state index contributed by atoms with van der Waals surface area (Å²) in [4.78, 5) is 13.2. The van der Waals surface area contributed by atoms with E-state index >= 15 is 0 Å². The fourth-order valence-electron chi connectivity index (χ4n) is 3.10. The summed E-state index contributed by atoms with van der Waals surface area (Å²) >= 11 is 0. The lowest BCUT2D eigenvalue weighted by molar-refractivity contribution is 0.412. The first-order chi connectivity index (χ1) is 14.8. The molecule has 1 aromatic carbocycles. The van der Waals surface area contributed by atoms with Crippen LogP contribution < -0.4 is 20.1 Å². The number of hydrogen-bond acceptors (Lipinski definition) is 7. The zero-order valence-electron chi connectivity index (χ0n) is 16.8. The lowest BCUT2D eigenvalue weighted by Gasteiger charge is -2.14. The molecule has 0 bridgehead atoms. The van der Waals surface area contributed by atoms with Gasteiger partial charge < -0.3 is 20.1 Å². The van der Waals surface area contributed by atoms with Crippen LogP contribution in [0.4, 0.5) is 5.82 Å². The van der Waals surface area contributed by atoms with Gasteiger partial charge in [-0.1, -0.05) is 5.92 Å². The maximum atomic E-state index is 6.02. The van der Waals surface area contributed by atoms with Crippen LogP contribution in [0.2, 0.25) is 0 Å². The van der Waals surface area contributed by atoms with E-state index in [1.165, 1.54) is 6.42 Å². The second-order valence-corrected chi connectivity index (χ2v) is 6.85. The van der Waals surface area contributed by atoms with Crippen LogP contribution >= 0.6 is 0 Å². The summed E-state index contributed by atoms with van der Waals surface area (Å²) < 4.78 is 11.2. The largest absolute Gasteiger partial charge is 0.497 e. The zero-order valence-corrected chi connectivity index (χ0v) is 16.8. The van der Waals surface area contributed by atoms with Gasteiger partial charge in [-0.05, 0) is 61.7 Å². The summed E-state index contributed by atoms with van der Waals surface area (Å²) in [5, 5.41) is 6.82. The van der Waals surface area contributed by atoms with Crippen molar-refractivity contribution < 1.29 is 9.47 Å². The van der Waals surface area contributed by atoms with Crippen molar-refractivity contribution in [1.29, 1.82) is 0 Å². The van der Waals surface area contributed by atoms with Gasteiger partial charge in [-0.25, -0.2) is 4.98 Å². The summed E-state index contributed by atoms with van der Waals surface area (Å²) in [6.07, 6.45) is 7.40. The van der Waals surface area contributed by atoms with Crippen LogP contribution in [0, 0.1) is 11.8 Å². The van der Waals surface area contributed by atoms with Gasteiger partial charge in [-0.3, -0.25) is 4.98 Å². The number of rotatable bonds is 6. The molecule has 0 spiro atoms. The lowest BCUT2D eigenvalue weighted by Crippen LogP contribution is -2.29. The first-order valence-electron chi connectivity index (χ1n) is 9.88. The molecule has 1 saturated heterocycles. The molecule has 152 valence electrons. The predicted octanol–water partition coefficient (Wildman–Crippen LogP) is 3.24. The number of pyridine rings is 1. The molecule has 7 heteroatoms. The van der Waals surface area contributed by atoms with Crippen molar-refractivity contribution in [3.63, 3.8) is 0 Å². The number of hydrogen-bond donors (Lipinski definition) is 2. The molecule has 1 atom stereocenters.